The molecule has 4 heteroatoms. The quantitative estimate of drug-likeness (QED) is 0.826. The number of nitrogens with zero attached hydrogens (tertiary/aromatic N) is 2. The van der Waals surface area contributed by atoms with Gasteiger partial charge in [0, 0.05) is 44.5 Å². The zero-order valence-corrected chi connectivity index (χ0v) is 10.4. The molecule has 2 rings (SSSR count). The van der Waals surface area contributed by atoms with E-state index in [1.165, 1.54) is 0 Å². The molecule has 17 heavy (non-hydrogen) atoms. The number of hydrogen-bond acceptors (Lipinski definition) is 3. The molecule has 1 amide bonds. The van der Waals surface area contributed by atoms with Crippen LogP contribution in [0.5, 0.6) is 0 Å². The summed E-state index contributed by atoms with van der Waals surface area (Å²) in [5.74, 6) is 0.0863. The third kappa shape index (κ3) is 2.58. The molecule has 1 fully saturated rings. The first-order valence-corrected chi connectivity index (χ1v) is 5.90. The lowest BCUT2D eigenvalue weighted by Gasteiger charge is -2.17. The first kappa shape index (κ1) is 11.9. The van der Waals surface area contributed by atoms with E-state index >= 15 is 0 Å². The van der Waals surface area contributed by atoms with Gasteiger partial charge in [-0.1, -0.05) is 0 Å². The van der Waals surface area contributed by atoms with Crippen LogP contribution in [0.3, 0.4) is 0 Å². The van der Waals surface area contributed by atoms with Crippen molar-refractivity contribution in [3.8, 4) is 0 Å². The molecule has 0 radical (unpaired) electrons. The molecule has 1 atom stereocenters. The van der Waals surface area contributed by atoms with Gasteiger partial charge in [-0.15, -0.1) is 0 Å². The average Bonchev–Trinajstić information content (AvgIpc) is 2.75. The predicted molar refractivity (Wildman–Crippen MR) is 69.3 cm³/mol. The summed E-state index contributed by atoms with van der Waals surface area (Å²) in [7, 11) is 3.96. The van der Waals surface area contributed by atoms with E-state index in [2.05, 4.69) is 0 Å². The van der Waals surface area contributed by atoms with Crippen molar-refractivity contribution in [3.05, 3.63) is 29.8 Å². The van der Waals surface area contributed by atoms with Crippen LogP contribution in [0, 0.1) is 0 Å². The molecule has 0 aliphatic carbocycles. The second-order valence-corrected chi connectivity index (χ2v) is 4.74. The number of carbonyl (C=O) groups is 1. The highest BCUT2D eigenvalue weighted by Crippen LogP contribution is 2.16. The van der Waals surface area contributed by atoms with Crippen LogP contribution in [0.25, 0.3) is 0 Å². The van der Waals surface area contributed by atoms with Crippen LogP contribution in [0.15, 0.2) is 24.3 Å². The summed E-state index contributed by atoms with van der Waals surface area (Å²) in [4.78, 5) is 16.0. The molecular weight excluding hydrogens is 214 g/mol. The fraction of sp³-hybridized carbons (Fsp3) is 0.462. The Morgan fingerprint density at radius 3 is 2.47 bits per heavy atom. The molecule has 1 saturated heterocycles. The molecular formula is C13H19N3O. The molecule has 2 N–H and O–H groups in total. The van der Waals surface area contributed by atoms with Gasteiger partial charge in [0.25, 0.3) is 5.91 Å². The molecule has 1 aliphatic heterocycles. The van der Waals surface area contributed by atoms with Gasteiger partial charge >= 0.3 is 0 Å². The minimum absolute atomic E-state index is 0.0863. The van der Waals surface area contributed by atoms with Gasteiger partial charge in [0.15, 0.2) is 0 Å². The Balaban J connectivity index is 2.09. The number of hydrogen-bond donors (Lipinski definition) is 1. The van der Waals surface area contributed by atoms with E-state index in [0.717, 1.165) is 24.2 Å². The van der Waals surface area contributed by atoms with Gasteiger partial charge < -0.3 is 15.5 Å². The van der Waals surface area contributed by atoms with Crippen molar-refractivity contribution in [2.75, 3.05) is 32.1 Å². The van der Waals surface area contributed by atoms with Gasteiger partial charge in [0.05, 0.1) is 0 Å². The zero-order valence-electron chi connectivity index (χ0n) is 10.4. The van der Waals surface area contributed by atoms with Gasteiger partial charge in [-0.2, -0.15) is 0 Å². The number of benzene rings is 1. The minimum Gasteiger partial charge on any atom is -0.378 e. The number of carbonyl (C=O) groups excluding carboxylic acids is 1. The Morgan fingerprint density at radius 2 is 2.00 bits per heavy atom. The van der Waals surface area contributed by atoms with Crippen LogP contribution in [0.4, 0.5) is 5.69 Å². The lowest BCUT2D eigenvalue weighted by Crippen LogP contribution is -2.31. The summed E-state index contributed by atoms with van der Waals surface area (Å²) in [5.41, 5.74) is 7.64. The van der Waals surface area contributed by atoms with Crippen LogP contribution in [0.2, 0.25) is 0 Å². The van der Waals surface area contributed by atoms with Crippen molar-refractivity contribution < 1.29 is 4.79 Å². The Labute approximate surface area is 102 Å². The molecule has 1 aliphatic rings. The molecule has 0 saturated carbocycles. The van der Waals surface area contributed by atoms with Crippen LogP contribution in [-0.4, -0.2) is 44.0 Å². The first-order chi connectivity index (χ1) is 8.08. The van der Waals surface area contributed by atoms with E-state index in [4.69, 9.17) is 5.73 Å². The summed E-state index contributed by atoms with van der Waals surface area (Å²) in [5, 5.41) is 0. The summed E-state index contributed by atoms with van der Waals surface area (Å²) >= 11 is 0. The van der Waals surface area contributed by atoms with E-state index in [1.54, 1.807) is 0 Å². The van der Waals surface area contributed by atoms with Crippen LogP contribution < -0.4 is 10.6 Å². The third-order valence-corrected chi connectivity index (χ3v) is 3.14. The molecule has 1 aromatic rings. The minimum atomic E-state index is 0.0863. The summed E-state index contributed by atoms with van der Waals surface area (Å²) in [6.45, 7) is 1.45. The summed E-state index contributed by atoms with van der Waals surface area (Å²) < 4.78 is 0. The lowest BCUT2D eigenvalue weighted by molar-refractivity contribution is 0.0791. The summed E-state index contributed by atoms with van der Waals surface area (Å²) in [6, 6.07) is 7.81. The van der Waals surface area contributed by atoms with E-state index < -0.39 is 0 Å². The van der Waals surface area contributed by atoms with Gasteiger partial charge in [-0.3, -0.25) is 4.79 Å². The van der Waals surface area contributed by atoms with Crippen LogP contribution in [-0.2, 0) is 0 Å². The molecule has 0 aromatic heterocycles. The molecule has 92 valence electrons. The third-order valence-electron chi connectivity index (χ3n) is 3.14. The maximum Gasteiger partial charge on any atom is 0.253 e. The Morgan fingerprint density at radius 1 is 1.35 bits per heavy atom. The van der Waals surface area contributed by atoms with Crippen molar-refractivity contribution in [2.24, 2.45) is 5.73 Å². The maximum absolute atomic E-state index is 12.1. The highest BCUT2D eigenvalue weighted by Gasteiger charge is 2.24. The number of anilines is 1. The smallest absolute Gasteiger partial charge is 0.253 e. The zero-order chi connectivity index (χ0) is 12.4. The predicted octanol–water partition coefficient (Wildman–Crippen LogP) is 0.926. The van der Waals surface area contributed by atoms with Crippen molar-refractivity contribution in [3.63, 3.8) is 0 Å². The number of nitrogens with two attached hydrogens (primary N) is 1. The Kier molecular flexibility index (Phi) is 3.33. The number of likely N-dealkylation sites (tertiary alicyclic amines) is 1. The highest BCUT2D eigenvalue weighted by molar-refractivity contribution is 5.94. The topological polar surface area (TPSA) is 49.6 Å². The van der Waals surface area contributed by atoms with E-state index in [9.17, 15) is 4.79 Å². The van der Waals surface area contributed by atoms with Crippen LogP contribution >= 0.6 is 0 Å². The highest BCUT2D eigenvalue weighted by atomic mass is 16.2. The normalized spacial score (nSPS) is 19.5. The SMILES string of the molecule is CN(C)c1ccc(C(=O)N2CC[C@@H](N)C2)cc1. The molecule has 1 heterocycles. The van der Waals surface area contributed by atoms with Crippen molar-refractivity contribution in [2.45, 2.75) is 12.5 Å². The van der Waals surface area contributed by atoms with Gasteiger partial charge in [0.1, 0.15) is 0 Å². The van der Waals surface area contributed by atoms with Gasteiger partial charge in [0.2, 0.25) is 0 Å². The van der Waals surface area contributed by atoms with Crippen LogP contribution in [0.1, 0.15) is 16.8 Å². The standard InChI is InChI=1S/C13H19N3O/c1-15(2)12-5-3-10(4-6-12)13(17)16-8-7-11(14)9-16/h3-6,11H,7-9,14H2,1-2H3/t11-/m1/s1. The molecule has 0 unspecified atom stereocenters. The molecule has 0 spiro atoms. The molecule has 1 aromatic carbocycles. The Hall–Kier alpha value is -1.55. The van der Waals surface area contributed by atoms with Crippen molar-refractivity contribution in [1.29, 1.82) is 0 Å². The lowest BCUT2D eigenvalue weighted by atomic mass is 10.2. The van der Waals surface area contributed by atoms with Crippen molar-refractivity contribution in [1.82, 2.24) is 4.90 Å². The fourth-order valence-corrected chi connectivity index (χ4v) is 2.06. The Bertz CT molecular complexity index is 400. The second kappa shape index (κ2) is 4.75. The van der Waals surface area contributed by atoms with E-state index in [0.29, 0.717) is 6.54 Å². The first-order valence-electron chi connectivity index (χ1n) is 5.90. The summed E-state index contributed by atoms with van der Waals surface area (Å²) in [6.07, 6.45) is 0.904. The second-order valence-electron chi connectivity index (χ2n) is 4.74. The largest absolute Gasteiger partial charge is 0.378 e. The van der Waals surface area contributed by atoms with Gasteiger partial charge in [-0.25, -0.2) is 0 Å². The molecule has 4 nitrogen and oxygen atoms in total. The number of amides is 1. The van der Waals surface area contributed by atoms with Gasteiger partial charge in [-0.05, 0) is 30.7 Å². The fourth-order valence-electron chi connectivity index (χ4n) is 2.06. The average molecular weight is 233 g/mol. The number of rotatable bonds is 2. The molecule has 0 bridgehead atoms. The maximum atomic E-state index is 12.1. The van der Waals surface area contributed by atoms with E-state index in [-0.39, 0.29) is 11.9 Å². The van der Waals surface area contributed by atoms with Crippen molar-refractivity contribution >= 4 is 11.6 Å². The van der Waals surface area contributed by atoms with E-state index in [1.807, 2.05) is 48.2 Å². The monoisotopic (exact) mass is 233 g/mol.